The molecule has 1 atom stereocenters. The van der Waals surface area contributed by atoms with Gasteiger partial charge in [-0.1, -0.05) is 0 Å². The lowest BCUT2D eigenvalue weighted by molar-refractivity contribution is 0.719. The van der Waals surface area contributed by atoms with E-state index in [1.165, 1.54) is 16.2 Å². The van der Waals surface area contributed by atoms with Crippen LogP contribution in [-0.4, -0.2) is 4.98 Å². The number of aromatic nitrogens is 1. The Morgan fingerprint density at radius 2 is 2.40 bits per heavy atom. The summed E-state index contributed by atoms with van der Waals surface area (Å²) in [4.78, 5) is 5.35. The van der Waals surface area contributed by atoms with E-state index in [4.69, 9.17) is 11.5 Å². The highest BCUT2D eigenvalue weighted by Gasteiger charge is 2.22. The average Bonchev–Trinajstić information content (AvgIpc) is 2.35. The van der Waals surface area contributed by atoms with Crippen LogP contribution in [0.25, 0.3) is 0 Å². The zero-order valence-corrected chi connectivity index (χ0v) is 6.32. The summed E-state index contributed by atoms with van der Waals surface area (Å²) in [7, 11) is 0. The third-order valence-electron chi connectivity index (χ3n) is 1.77. The molecule has 1 aliphatic rings. The number of fused-ring (bicyclic) bond motifs is 1. The van der Waals surface area contributed by atoms with Gasteiger partial charge < -0.3 is 11.5 Å². The molecule has 0 radical (unpaired) electrons. The summed E-state index contributed by atoms with van der Waals surface area (Å²) in [6, 6.07) is 0.199. The predicted octanol–water partition coefficient (Wildman–Crippen LogP) is 0.671. The minimum Gasteiger partial charge on any atom is -0.375 e. The molecular formula is C6H9N3S. The van der Waals surface area contributed by atoms with Crippen LogP contribution in [-0.2, 0) is 6.42 Å². The van der Waals surface area contributed by atoms with Gasteiger partial charge in [0, 0.05) is 10.9 Å². The molecular weight excluding hydrogens is 146 g/mol. The van der Waals surface area contributed by atoms with E-state index in [2.05, 4.69) is 4.98 Å². The van der Waals surface area contributed by atoms with Crippen LogP contribution in [0.15, 0.2) is 0 Å². The fraction of sp³-hybridized carbons (Fsp3) is 0.500. The minimum absolute atomic E-state index is 0.199. The van der Waals surface area contributed by atoms with E-state index in [0.717, 1.165) is 18.5 Å². The molecule has 0 spiro atoms. The number of rotatable bonds is 0. The number of nitrogen functional groups attached to an aromatic ring is 1. The Morgan fingerprint density at radius 3 is 3.10 bits per heavy atom. The summed E-state index contributed by atoms with van der Waals surface area (Å²) in [5.41, 5.74) is 12.4. The lowest BCUT2D eigenvalue weighted by Gasteiger charge is -1.96. The Bertz CT molecular complexity index is 255. The lowest BCUT2D eigenvalue weighted by atomic mass is 10.3. The molecule has 0 aromatic carbocycles. The Morgan fingerprint density at radius 1 is 1.60 bits per heavy atom. The number of nitrogens with zero attached hydrogens (tertiary/aromatic N) is 1. The normalized spacial score (nSPS) is 23.1. The highest BCUT2D eigenvalue weighted by molar-refractivity contribution is 7.15. The molecule has 0 saturated heterocycles. The molecule has 4 N–H and O–H groups in total. The van der Waals surface area contributed by atoms with E-state index in [1.54, 1.807) is 0 Å². The van der Waals surface area contributed by atoms with E-state index >= 15 is 0 Å². The molecule has 1 unspecified atom stereocenters. The first kappa shape index (κ1) is 6.12. The maximum absolute atomic E-state index is 5.77. The summed E-state index contributed by atoms with van der Waals surface area (Å²) in [5.74, 6) is 0. The molecule has 0 amide bonds. The SMILES string of the molecule is Nc1nc2c(s1)C(N)CC2. The zero-order chi connectivity index (χ0) is 7.14. The first-order valence-electron chi connectivity index (χ1n) is 3.28. The first-order chi connectivity index (χ1) is 4.77. The average molecular weight is 155 g/mol. The molecule has 0 fully saturated rings. The zero-order valence-electron chi connectivity index (χ0n) is 5.50. The Balaban J connectivity index is 2.49. The van der Waals surface area contributed by atoms with E-state index in [1.807, 2.05) is 0 Å². The van der Waals surface area contributed by atoms with Gasteiger partial charge in [-0.25, -0.2) is 4.98 Å². The molecule has 1 heterocycles. The number of aryl methyl sites for hydroxylation is 1. The van der Waals surface area contributed by atoms with Crippen molar-refractivity contribution in [1.82, 2.24) is 4.98 Å². The molecule has 3 nitrogen and oxygen atoms in total. The monoisotopic (exact) mass is 155 g/mol. The summed E-state index contributed by atoms with van der Waals surface area (Å²) >= 11 is 1.53. The van der Waals surface area contributed by atoms with Crippen LogP contribution in [0.1, 0.15) is 23.0 Å². The van der Waals surface area contributed by atoms with Crippen LogP contribution in [0.5, 0.6) is 0 Å². The van der Waals surface area contributed by atoms with Gasteiger partial charge in [-0.15, -0.1) is 11.3 Å². The number of hydrogen-bond acceptors (Lipinski definition) is 4. The van der Waals surface area contributed by atoms with Gasteiger partial charge in [0.15, 0.2) is 5.13 Å². The minimum atomic E-state index is 0.199. The van der Waals surface area contributed by atoms with Crippen molar-refractivity contribution in [3.63, 3.8) is 0 Å². The largest absolute Gasteiger partial charge is 0.375 e. The van der Waals surface area contributed by atoms with Crippen LogP contribution < -0.4 is 11.5 Å². The van der Waals surface area contributed by atoms with Crippen molar-refractivity contribution >= 4 is 16.5 Å². The standard InChI is InChI=1S/C6H9N3S/c7-3-1-2-4-5(3)10-6(8)9-4/h3H,1-2,7H2,(H2,8,9). The number of thiazole rings is 1. The van der Waals surface area contributed by atoms with Crippen molar-refractivity contribution in [1.29, 1.82) is 0 Å². The molecule has 1 aromatic heterocycles. The molecule has 2 rings (SSSR count). The van der Waals surface area contributed by atoms with Gasteiger partial charge in [0.1, 0.15) is 0 Å². The van der Waals surface area contributed by atoms with Gasteiger partial charge in [0.2, 0.25) is 0 Å². The second-order valence-corrected chi connectivity index (χ2v) is 3.57. The van der Waals surface area contributed by atoms with Gasteiger partial charge in [-0.2, -0.15) is 0 Å². The van der Waals surface area contributed by atoms with Crippen molar-refractivity contribution in [2.24, 2.45) is 5.73 Å². The first-order valence-corrected chi connectivity index (χ1v) is 4.09. The second kappa shape index (κ2) is 1.93. The number of nitrogens with two attached hydrogens (primary N) is 2. The maximum Gasteiger partial charge on any atom is 0.180 e. The summed E-state index contributed by atoms with van der Waals surface area (Å²) in [5, 5.41) is 0.653. The topological polar surface area (TPSA) is 64.9 Å². The summed E-state index contributed by atoms with van der Waals surface area (Å²) in [6.45, 7) is 0. The van der Waals surface area contributed by atoms with Gasteiger partial charge >= 0.3 is 0 Å². The quantitative estimate of drug-likeness (QED) is 0.578. The number of hydrogen-bond donors (Lipinski definition) is 2. The second-order valence-electron chi connectivity index (χ2n) is 2.51. The fourth-order valence-corrected chi connectivity index (χ4v) is 2.19. The van der Waals surface area contributed by atoms with Gasteiger partial charge in [0.05, 0.1) is 5.69 Å². The van der Waals surface area contributed by atoms with Crippen LogP contribution in [0, 0.1) is 0 Å². The van der Waals surface area contributed by atoms with Crippen molar-refractivity contribution in [3.8, 4) is 0 Å². The lowest BCUT2D eigenvalue weighted by Crippen LogP contribution is -2.03. The van der Waals surface area contributed by atoms with E-state index in [9.17, 15) is 0 Å². The van der Waals surface area contributed by atoms with Crippen LogP contribution in [0.3, 0.4) is 0 Å². The number of anilines is 1. The predicted molar refractivity (Wildman–Crippen MR) is 41.8 cm³/mol. The molecule has 54 valence electrons. The third-order valence-corrected chi connectivity index (χ3v) is 2.83. The van der Waals surface area contributed by atoms with Gasteiger partial charge in [0.25, 0.3) is 0 Å². The highest BCUT2D eigenvalue weighted by Crippen LogP contribution is 2.34. The third kappa shape index (κ3) is 0.726. The van der Waals surface area contributed by atoms with Gasteiger partial charge in [-0.05, 0) is 12.8 Å². The van der Waals surface area contributed by atoms with E-state index in [0.29, 0.717) is 5.13 Å². The van der Waals surface area contributed by atoms with Crippen LogP contribution in [0.4, 0.5) is 5.13 Å². The Hall–Kier alpha value is -0.610. The van der Waals surface area contributed by atoms with Crippen LogP contribution >= 0.6 is 11.3 Å². The molecule has 0 bridgehead atoms. The Labute approximate surface area is 63.1 Å². The summed E-state index contributed by atoms with van der Waals surface area (Å²) in [6.07, 6.45) is 2.04. The smallest absolute Gasteiger partial charge is 0.180 e. The molecule has 10 heavy (non-hydrogen) atoms. The van der Waals surface area contributed by atoms with Crippen molar-refractivity contribution in [2.45, 2.75) is 18.9 Å². The fourth-order valence-electron chi connectivity index (χ4n) is 1.27. The Kier molecular flexibility index (Phi) is 1.18. The molecule has 1 aromatic rings. The van der Waals surface area contributed by atoms with Crippen LogP contribution in [0.2, 0.25) is 0 Å². The summed E-state index contributed by atoms with van der Waals surface area (Å²) < 4.78 is 0. The molecule has 0 aliphatic heterocycles. The highest BCUT2D eigenvalue weighted by atomic mass is 32.1. The molecule has 1 aliphatic carbocycles. The molecule has 0 saturated carbocycles. The maximum atomic E-state index is 5.77. The van der Waals surface area contributed by atoms with E-state index < -0.39 is 0 Å². The van der Waals surface area contributed by atoms with Crippen molar-refractivity contribution < 1.29 is 0 Å². The van der Waals surface area contributed by atoms with Crippen molar-refractivity contribution in [3.05, 3.63) is 10.6 Å². The van der Waals surface area contributed by atoms with Gasteiger partial charge in [-0.3, -0.25) is 0 Å². The van der Waals surface area contributed by atoms with E-state index in [-0.39, 0.29) is 6.04 Å². The van der Waals surface area contributed by atoms with Crippen molar-refractivity contribution in [2.75, 3.05) is 5.73 Å². The molecule has 4 heteroatoms.